The van der Waals surface area contributed by atoms with Crippen LogP contribution in [0.2, 0.25) is 5.15 Å². The van der Waals surface area contributed by atoms with Crippen LogP contribution in [0.4, 0.5) is 0 Å². The van der Waals surface area contributed by atoms with E-state index in [0.717, 1.165) is 5.56 Å². The number of benzene rings is 1. The first-order chi connectivity index (χ1) is 9.06. The first-order valence-electron chi connectivity index (χ1n) is 6.00. The second-order valence-corrected chi connectivity index (χ2v) is 4.88. The third-order valence-electron chi connectivity index (χ3n) is 2.82. The molecule has 1 aromatic carbocycles. The lowest BCUT2D eigenvalue weighted by Crippen LogP contribution is -2.27. The molecule has 0 unspecified atom stereocenters. The van der Waals surface area contributed by atoms with Crippen molar-refractivity contribution in [2.75, 3.05) is 7.05 Å². The van der Waals surface area contributed by atoms with Gasteiger partial charge >= 0.3 is 0 Å². The summed E-state index contributed by atoms with van der Waals surface area (Å²) >= 11 is 5.79. The molecule has 0 spiro atoms. The Morgan fingerprint density at radius 3 is 2.53 bits per heavy atom. The third-order valence-corrected chi connectivity index (χ3v) is 3.03. The molecule has 0 saturated carbocycles. The van der Waals surface area contributed by atoms with Crippen LogP contribution in [0.15, 0.2) is 42.5 Å². The summed E-state index contributed by atoms with van der Waals surface area (Å²) in [6, 6.07) is 13.1. The fraction of sp³-hybridized carbons (Fsp3) is 0.200. The van der Waals surface area contributed by atoms with Gasteiger partial charge in [0, 0.05) is 13.6 Å². The number of aryl methyl sites for hydroxylation is 1. The van der Waals surface area contributed by atoms with E-state index in [1.54, 1.807) is 30.1 Å². The van der Waals surface area contributed by atoms with Crippen LogP contribution in [-0.2, 0) is 6.54 Å². The fourth-order valence-corrected chi connectivity index (χ4v) is 1.93. The molecule has 98 valence electrons. The Kier molecular flexibility index (Phi) is 4.17. The van der Waals surface area contributed by atoms with E-state index in [1.165, 1.54) is 5.56 Å². The van der Waals surface area contributed by atoms with Crippen molar-refractivity contribution in [3.63, 3.8) is 0 Å². The second kappa shape index (κ2) is 5.85. The van der Waals surface area contributed by atoms with Gasteiger partial charge in [-0.25, -0.2) is 4.98 Å². The van der Waals surface area contributed by atoms with Crippen molar-refractivity contribution in [1.29, 1.82) is 0 Å². The van der Waals surface area contributed by atoms with Crippen molar-refractivity contribution >= 4 is 17.5 Å². The van der Waals surface area contributed by atoms with Crippen molar-refractivity contribution in [3.05, 3.63) is 64.4 Å². The maximum Gasteiger partial charge on any atom is 0.272 e. The molecule has 2 rings (SSSR count). The van der Waals surface area contributed by atoms with E-state index in [4.69, 9.17) is 11.6 Å². The average Bonchev–Trinajstić information content (AvgIpc) is 2.40. The van der Waals surface area contributed by atoms with E-state index in [0.29, 0.717) is 17.4 Å². The van der Waals surface area contributed by atoms with Gasteiger partial charge in [-0.15, -0.1) is 0 Å². The van der Waals surface area contributed by atoms with Crippen molar-refractivity contribution in [2.45, 2.75) is 13.5 Å². The largest absolute Gasteiger partial charge is 0.336 e. The van der Waals surface area contributed by atoms with Gasteiger partial charge in [0.25, 0.3) is 5.91 Å². The van der Waals surface area contributed by atoms with E-state index in [9.17, 15) is 4.79 Å². The highest BCUT2D eigenvalue weighted by atomic mass is 35.5. The second-order valence-electron chi connectivity index (χ2n) is 4.49. The molecule has 1 heterocycles. The Morgan fingerprint density at radius 1 is 1.21 bits per heavy atom. The van der Waals surface area contributed by atoms with Crippen molar-refractivity contribution in [1.82, 2.24) is 9.88 Å². The first-order valence-corrected chi connectivity index (χ1v) is 6.37. The third kappa shape index (κ3) is 3.55. The number of amides is 1. The highest BCUT2D eigenvalue weighted by molar-refractivity contribution is 6.29. The van der Waals surface area contributed by atoms with Crippen LogP contribution >= 0.6 is 11.6 Å². The average molecular weight is 275 g/mol. The van der Waals surface area contributed by atoms with Gasteiger partial charge in [0.1, 0.15) is 10.8 Å². The lowest BCUT2D eigenvalue weighted by molar-refractivity contribution is 0.0779. The highest BCUT2D eigenvalue weighted by Crippen LogP contribution is 2.10. The Bertz CT molecular complexity index is 581. The number of hydrogen-bond donors (Lipinski definition) is 0. The zero-order chi connectivity index (χ0) is 13.8. The zero-order valence-electron chi connectivity index (χ0n) is 10.9. The molecule has 1 amide bonds. The van der Waals surface area contributed by atoms with E-state index in [2.05, 4.69) is 4.98 Å². The van der Waals surface area contributed by atoms with E-state index >= 15 is 0 Å². The number of aromatic nitrogens is 1. The minimum Gasteiger partial charge on any atom is -0.336 e. The molecule has 0 aliphatic heterocycles. The monoisotopic (exact) mass is 274 g/mol. The molecular formula is C15H15ClN2O. The van der Waals surface area contributed by atoms with Gasteiger partial charge in [-0.2, -0.15) is 0 Å². The lowest BCUT2D eigenvalue weighted by Gasteiger charge is -2.17. The van der Waals surface area contributed by atoms with Gasteiger partial charge in [-0.3, -0.25) is 4.79 Å². The number of halogens is 1. The maximum atomic E-state index is 12.2. The Labute approximate surface area is 117 Å². The van der Waals surface area contributed by atoms with Crippen LogP contribution in [-0.4, -0.2) is 22.8 Å². The van der Waals surface area contributed by atoms with Crippen LogP contribution in [0.5, 0.6) is 0 Å². The smallest absolute Gasteiger partial charge is 0.272 e. The van der Waals surface area contributed by atoms with E-state index in [1.807, 2.05) is 31.2 Å². The highest BCUT2D eigenvalue weighted by Gasteiger charge is 2.13. The topological polar surface area (TPSA) is 33.2 Å². The van der Waals surface area contributed by atoms with Gasteiger partial charge in [0.05, 0.1) is 0 Å². The van der Waals surface area contributed by atoms with E-state index in [-0.39, 0.29) is 5.91 Å². The Hall–Kier alpha value is -1.87. The van der Waals surface area contributed by atoms with Crippen molar-refractivity contribution in [3.8, 4) is 0 Å². The molecule has 0 fully saturated rings. The molecule has 0 saturated heterocycles. The maximum absolute atomic E-state index is 12.2. The standard InChI is InChI=1S/C15H15ClN2O/c1-11-6-8-12(9-7-11)10-18(2)15(19)13-4-3-5-14(16)17-13/h3-9H,10H2,1-2H3. The minimum absolute atomic E-state index is 0.136. The quantitative estimate of drug-likeness (QED) is 0.805. The van der Waals surface area contributed by atoms with Gasteiger partial charge in [0.2, 0.25) is 0 Å². The van der Waals surface area contributed by atoms with Gasteiger partial charge in [0.15, 0.2) is 0 Å². The lowest BCUT2D eigenvalue weighted by atomic mass is 10.1. The molecule has 0 aliphatic rings. The summed E-state index contributed by atoms with van der Waals surface area (Å²) in [4.78, 5) is 17.8. The summed E-state index contributed by atoms with van der Waals surface area (Å²) in [5.41, 5.74) is 2.65. The summed E-state index contributed by atoms with van der Waals surface area (Å²) in [6.45, 7) is 2.59. The molecule has 0 atom stereocenters. The van der Waals surface area contributed by atoms with Gasteiger partial charge < -0.3 is 4.90 Å². The number of nitrogens with zero attached hydrogens (tertiary/aromatic N) is 2. The van der Waals surface area contributed by atoms with E-state index < -0.39 is 0 Å². The number of pyridine rings is 1. The van der Waals surface area contributed by atoms with Gasteiger partial charge in [-0.05, 0) is 24.6 Å². The Morgan fingerprint density at radius 2 is 1.89 bits per heavy atom. The molecule has 0 bridgehead atoms. The molecule has 19 heavy (non-hydrogen) atoms. The predicted molar refractivity (Wildman–Crippen MR) is 76.2 cm³/mol. The molecule has 4 heteroatoms. The predicted octanol–water partition coefficient (Wildman–Crippen LogP) is 3.32. The molecule has 0 radical (unpaired) electrons. The SMILES string of the molecule is Cc1ccc(CN(C)C(=O)c2cccc(Cl)n2)cc1. The summed E-state index contributed by atoms with van der Waals surface area (Å²) in [5, 5.41) is 0.328. The van der Waals surface area contributed by atoms with Crippen LogP contribution in [0.1, 0.15) is 21.6 Å². The summed E-state index contributed by atoms with van der Waals surface area (Å²) < 4.78 is 0. The van der Waals surface area contributed by atoms with Crippen LogP contribution < -0.4 is 0 Å². The molecule has 2 aromatic rings. The number of rotatable bonds is 3. The molecular weight excluding hydrogens is 260 g/mol. The normalized spacial score (nSPS) is 10.3. The van der Waals surface area contributed by atoms with Gasteiger partial charge in [-0.1, -0.05) is 47.5 Å². The number of carbonyl (C=O) groups excluding carboxylic acids is 1. The number of hydrogen-bond acceptors (Lipinski definition) is 2. The van der Waals surface area contributed by atoms with Crippen LogP contribution in [0.3, 0.4) is 0 Å². The molecule has 0 aliphatic carbocycles. The van der Waals surface area contributed by atoms with Crippen LogP contribution in [0, 0.1) is 6.92 Å². The summed E-state index contributed by atoms with van der Waals surface area (Å²) in [6.07, 6.45) is 0. The number of carbonyl (C=O) groups is 1. The van der Waals surface area contributed by atoms with Crippen molar-refractivity contribution in [2.24, 2.45) is 0 Å². The minimum atomic E-state index is -0.136. The molecule has 3 nitrogen and oxygen atoms in total. The summed E-state index contributed by atoms with van der Waals surface area (Å²) in [7, 11) is 1.75. The molecule has 0 N–H and O–H groups in total. The Balaban J connectivity index is 2.09. The zero-order valence-corrected chi connectivity index (χ0v) is 11.7. The first kappa shape index (κ1) is 13.6. The summed E-state index contributed by atoms with van der Waals surface area (Å²) in [5.74, 6) is -0.136. The molecule has 1 aromatic heterocycles. The fourth-order valence-electron chi connectivity index (χ4n) is 1.76. The van der Waals surface area contributed by atoms with Crippen LogP contribution in [0.25, 0.3) is 0 Å². The van der Waals surface area contributed by atoms with Crippen molar-refractivity contribution < 1.29 is 4.79 Å².